The zero-order chi connectivity index (χ0) is 14.1. The van der Waals surface area contributed by atoms with Gasteiger partial charge in [-0.1, -0.05) is 0 Å². The van der Waals surface area contributed by atoms with E-state index >= 15 is 0 Å². The van der Waals surface area contributed by atoms with Gasteiger partial charge in [-0.2, -0.15) is 0 Å². The molecule has 0 amide bonds. The Morgan fingerprint density at radius 3 is 1.52 bits per heavy atom. The molecule has 2 saturated carbocycles. The minimum atomic E-state index is -0.486. The molecule has 0 spiro atoms. The Kier molecular flexibility index (Phi) is 4.49. The molecule has 0 nitrogen and oxygen atoms in total. The van der Waals surface area contributed by atoms with Gasteiger partial charge in [0, 0.05) is 0 Å². The molecule has 4 rings (SSSR count). The fraction of sp³-hybridized carbons (Fsp3) is 0.600. The summed E-state index contributed by atoms with van der Waals surface area (Å²) in [7, 11) is 0. The molecule has 21 heavy (non-hydrogen) atoms. The molecular weight excluding hydrogens is 331 g/mol. The van der Waals surface area contributed by atoms with E-state index in [2.05, 4.69) is 24.3 Å². The quantitative estimate of drug-likeness (QED) is 0.589. The van der Waals surface area contributed by atoms with Gasteiger partial charge in [-0.3, -0.25) is 0 Å². The first kappa shape index (κ1) is 14.4. The Morgan fingerprint density at radius 2 is 1.10 bits per heavy atom. The number of rotatable bonds is 4. The molecule has 0 aromatic heterocycles. The van der Waals surface area contributed by atoms with Gasteiger partial charge < -0.3 is 0 Å². The van der Waals surface area contributed by atoms with Gasteiger partial charge in [0.1, 0.15) is 0 Å². The predicted octanol–water partition coefficient (Wildman–Crippen LogP) is 5.88. The summed E-state index contributed by atoms with van der Waals surface area (Å²) in [6.07, 6.45) is 24.3. The average molecular weight is 358 g/mol. The Morgan fingerprint density at radius 1 is 0.667 bits per heavy atom. The second kappa shape index (κ2) is 6.53. The first-order valence-electron chi connectivity index (χ1n) is 8.98. The molecular formula is C20H26Zr. The Balaban J connectivity index is 1.54. The third-order valence-corrected chi connectivity index (χ3v) is 9.73. The monoisotopic (exact) mass is 356 g/mol. The van der Waals surface area contributed by atoms with Crippen LogP contribution in [0.2, 0.25) is 0 Å². The summed E-state index contributed by atoms with van der Waals surface area (Å²) in [4.78, 5) is 0. The van der Waals surface area contributed by atoms with E-state index in [0.717, 1.165) is 11.8 Å². The van der Waals surface area contributed by atoms with E-state index in [9.17, 15) is 0 Å². The van der Waals surface area contributed by atoms with Gasteiger partial charge in [0.15, 0.2) is 0 Å². The number of allylic oxidation sites excluding steroid dienone is 8. The van der Waals surface area contributed by atoms with E-state index in [1.54, 1.807) is 0 Å². The summed E-state index contributed by atoms with van der Waals surface area (Å²) in [6.45, 7) is 0. The van der Waals surface area contributed by atoms with Gasteiger partial charge in [-0.25, -0.2) is 0 Å². The van der Waals surface area contributed by atoms with Crippen molar-refractivity contribution in [3.8, 4) is 0 Å². The van der Waals surface area contributed by atoms with Crippen LogP contribution in [0.25, 0.3) is 0 Å². The summed E-state index contributed by atoms with van der Waals surface area (Å²) in [6, 6.07) is 0. The molecule has 0 N–H and O–H groups in total. The molecule has 2 fully saturated rings. The van der Waals surface area contributed by atoms with Gasteiger partial charge in [-0.05, 0) is 0 Å². The van der Waals surface area contributed by atoms with E-state index in [1.165, 1.54) is 64.2 Å². The predicted molar refractivity (Wildman–Crippen MR) is 85.5 cm³/mol. The van der Waals surface area contributed by atoms with Crippen LogP contribution in [-0.4, -0.2) is 0 Å². The van der Waals surface area contributed by atoms with Crippen molar-refractivity contribution in [3.63, 3.8) is 0 Å². The topological polar surface area (TPSA) is 0 Å². The normalized spacial score (nSPS) is 26.9. The van der Waals surface area contributed by atoms with Gasteiger partial charge in [0.05, 0.1) is 0 Å². The molecule has 0 aromatic carbocycles. The molecule has 4 aliphatic carbocycles. The van der Waals surface area contributed by atoms with Crippen molar-refractivity contribution in [1.29, 1.82) is 0 Å². The average Bonchev–Trinajstić information content (AvgIpc) is 3.28. The summed E-state index contributed by atoms with van der Waals surface area (Å²) in [5.41, 5.74) is 3.62. The second-order valence-corrected chi connectivity index (χ2v) is 10.8. The molecule has 1 heteroatoms. The Bertz CT molecular complexity index is 472. The minimum absolute atomic E-state index is 0.486. The first-order valence-corrected chi connectivity index (χ1v) is 11.4. The fourth-order valence-corrected chi connectivity index (χ4v) is 8.81. The molecule has 4 aliphatic rings. The van der Waals surface area contributed by atoms with Crippen LogP contribution in [0.4, 0.5) is 0 Å². The van der Waals surface area contributed by atoms with Crippen LogP contribution in [0.15, 0.2) is 42.0 Å². The third-order valence-electron chi connectivity index (χ3n) is 5.83. The van der Waals surface area contributed by atoms with Crippen molar-refractivity contribution < 1.29 is 23.2 Å². The molecule has 110 valence electrons. The molecule has 0 aromatic rings. The van der Waals surface area contributed by atoms with Crippen LogP contribution in [-0.2, 0) is 23.2 Å². The molecule has 0 atom stereocenters. The zero-order valence-corrected chi connectivity index (χ0v) is 15.5. The maximum absolute atomic E-state index is 2.50. The summed E-state index contributed by atoms with van der Waals surface area (Å²) >= 11 is -0.486. The Hall–Kier alpha value is -0.157. The Labute approximate surface area is 141 Å². The van der Waals surface area contributed by atoms with Crippen molar-refractivity contribution in [3.05, 3.63) is 42.0 Å². The van der Waals surface area contributed by atoms with Crippen LogP contribution in [0.1, 0.15) is 64.2 Å². The first-order chi connectivity index (χ1) is 10.4. The van der Waals surface area contributed by atoms with Gasteiger partial charge in [-0.15, -0.1) is 0 Å². The van der Waals surface area contributed by atoms with Crippen LogP contribution < -0.4 is 0 Å². The van der Waals surface area contributed by atoms with E-state index in [1.807, 2.05) is 17.7 Å². The van der Waals surface area contributed by atoms with Gasteiger partial charge in [0.25, 0.3) is 0 Å². The molecule has 0 aliphatic heterocycles. The van der Waals surface area contributed by atoms with Gasteiger partial charge in [0.2, 0.25) is 0 Å². The van der Waals surface area contributed by atoms with Crippen molar-refractivity contribution in [1.82, 2.24) is 0 Å². The van der Waals surface area contributed by atoms with Crippen LogP contribution in [0.3, 0.4) is 0 Å². The van der Waals surface area contributed by atoms with Crippen molar-refractivity contribution in [2.24, 2.45) is 11.8 Å². The van der Waals surface area contributed by atoms with Crippen molar-refractivity contribution in [2.75, 3.05) is 0 Å². The molecule has 0 unspecified atom stereocenters. The van der Waals surface area contributed by atoms with Gasteiger partial charge >= 0.3 is 141 Å². The van der Waals surface area contributed by atoms with Crippen LogP contribution >= 0.6 is 0 Å². The second-order valence-electron chi connectivity index (χ2n) is 7.17. The summed E-state index contributed by atoms with van der Waals surface area (Å²) < 4.78 is 3.86. The molecule has 0 saturated heterocycles. The van der Waals surface area contributed by atoms with E-state index in [0.29, 0.717) is 0 Å². The van der Waals surface area contributed by atoms with E-state index < -0.39 is 23.2 Å². The van der Waals surface area contributed by atoms with E-state index in [-0.39, 0.29) is 0 Å². The van der Waals surface area contributed by atoms with Crippen LogP contribution in [0.5, 0.6) is 0 Å². The maximum atomic E-state index is 2.50. The molecule has 0 radical (unpaired) electrons. The van der Waals surface area contributed by atoms with Crippen LogP contribution in [0, 0.1) is 11.8 Å². The molecule has 0 bridgehead atoms. The zero-order valence-electron chi connectivity index (χ0n) is 13.0. The SMILES string of the molecule is C1=CC(C2CCCC2)=[C]([Zr][C]2=C(C3CCCC3)C=CC2)C1. The fourth-order valence-electron chi connectivity index (χ4n) is 4.71. The number of hydrogen-bond acceptors (Lipinski definition) is 0. The van der Waals surface area contributed by atoms with Crippen molar-refractivity contribution >= 4 is 0 Å². The standard InChI is InChI=1S/2C10H13.Zr/c2*1-2-6-9(5-1)10-7-3-4-8-10;/h2*1,5,10H,2-4,7-8H2;. The summed E-state index contributed by atoms with van der Waals surface area (Å²) in [5.74, 6) is 1.87. The number of hydrogen-bond donors (Lipinski definition) is 0. The molecule has 0 heterocycles. The van der Waals surface area contributed by atoms with Crippen molar-refractivity contribution in [2.45, 2.75) is 64.2 Å². The van der Waals surface area contributed by atoms with E-state index in [4.69, 9.17) is 0 Å². The summed E-state index contributed by atoms with van der Waals surface area (Å²) in [5, 5.41) is 0. The third kappa shape index (κ3) is 3.01.